The van der Waals surface area contributed by atoms with Gasteiger partial charge in [-0.1, -0.05) is 0 Å². The minimum Gasteiger partial charge on any atom is -0.293 e. The van der Waals surface area contributed by atoms with Crippen LogP contribution in [0.1, 0.15) is 41.5 Å². The summed E-state index contributed by atoms with van der Waals surface area (Å²) in [7, 11) is 0. The molecule has 0 aromatic carbocycles. The normalized spacial score (nSPS) is 19.1. The Bertz CT molecular complexity index is 384. The number of nitrogens with zero attached hydrogens (tertiary/aromatic N) is 1. The molecule has 1 heterocycles. The smallest absolute Gasteiger partial charge is 0.277 e. The summed E-state index contributed by atoms with van der Waals surface area (Å²) in [6.07, 6.45) is 0.782. The van der Waals surface area contributed by atoms with Crippen LogP contribution in [0.15, 0.2) is 0 Å². The van der Waals surface area contributed by atoms with Crippen LogP contribution in [-0.2, 0) is 12.3 Å². The standard InChI is InChI=1S/C9H10F2N2O/c1-5(14)8-7-6(12-13-8)3-2-4-9(7,10)11/h2-4H2,1H3,(H,12,13). The molecule has 14 heavy (non-hydrogen) atoms. The molecule has 0 atom stereocenters. The predicted octanol–water partition coefficient (Wildman–Crippen LogP) is 2.04. The summed E-state index contributed by atoms with van der Waals surface area (Å²) >= 11 is 0. The summed E-state index contributed by atoms with van der Waals surface area (Å²) in [5.41, 5.74) is 0.118. The highest BCUT2D eigenvalue weighted by molar-refractivity contribution is 5.94. The Hall–Kier alpha value is -1.26. The number of Topliss-reactive ketones (excluding diaryl/α,β-unsaturated/α-hetero) is 1. The zero-order valence-electron chi connectivity index (χ0n) is 7.73. The Morgan fingerprint density at radius 2 is 2.29 bits per heavy atom. The van der Waals surface area contributed by atoms with Gasteiger partial charge in [-0.3, -0.25) is 9.89 Å². The molecule has 0 amide bonds. The molecule has 1 aliphatic carbocycles. The topological polar surface area (TPSA) is 45.8 Å². The lowest BCUT2D eigenvalue weighted by Gasteiger charge is -2.21. The first kappa shape index (κ1) is 9.30. The van der Waals surface area contributed by atoms with E-state index in [1.165, 1.54) is 6.92 Å². The third kappa shape index (κ3) is 1.23. The lowest BCUT2D eigenvalue weighted by atomic mass is 9.91. The van der Waals surface area contributed by atoms with Crippen LogP contribution in [0.5, 0.6) is 0 Å². The molecular formula is C9H10F2N2O. The zero-order valence-corrected chi connectivity index (χ0v) is 7.73. The van der Waals surface area contributed by atoms with Crippen LogP contribution in [0.4, 0.5) is 8.78 Å². The molecule has 0 aliphatic heterocycles. The van der Waals surface area contributed by atoms with Crippen molar-refractivity contribution in [3.05, 3.63) is 17.0 Å². The van der Waals surface area contributed by atoms with E-state index < -0.39 is 11.7 Å². The molecule has 2 rings (SSSR count). The van der Waals surface area contributed by atoms with Crippen LogP contribution < -0.4 is 0 Å². The molecule has 1 aromatic rings. The number of alkyl halides is 2. The van der Waals surface area contributed by atoms with Gasteiger partial charge < -0.3 is 0 Å². The van der Waals surface area contributed by atoms with E-state index in [1.54, 1.807) is 0 Å². The fourth-order valence-electron chi connectivity index (χ4n) is 1.82. The maximum atomic E-state index is 13.4. The number of aromatic amines is 1. The minimum absolute atomic E-state index is 0.107. The molecule has 5 heteroatoms. The van der Waals surface area contributed by atoms with Gasteiger partial charge in [-0.15, -0.1) is 0 Å². The summed E-state index contributed by atoms with van der Waals surface area (Å²) in [6.45, 7) is 1.25. The van der Waals surface area contributed by atoms with E-state index in [9.17, 15) is 13.6 Å². The summed E-state index contributed by atoms with van der Waals surface area (Å²) in [6, 6.07) is 0. The quantitative estimate of drug-likeness (QED) is 0.705. The largest absolute Gasteiger partial charge is 0.293 e. The van der Waals surface area contributed by atoms with Crippen LogP contribution in [0.25, 0.3) is 0 Å². The van der Waals surface area contributed by atoms with Crippen LogP contribution in [-0.4, -0.2) is 16.0 Å². The fraction of sp³-hybridized carbons (Fsp3) is 0.556. The van der Waals surface area contributed by atoms with E-state index in [2.05, 4.69) is 10.2 Å². The van der Waals surface area contributed by atoms with Gasteiger partial charge in [-0.25, -0.2) is 8.78 Å². The average Bonchev–Trinajstić information content (AvgIpc) is 2.48. The summed E-state index contributed by atoms with van der Waals surface area (Å²) in [4.78, 5) is 11.1. The molecule has 0 saturated heterocycles. The number of carbonyl (C=O) groups is 1. The number of H-pyrrole nitrogens is 1. The van der Waals surface area contributed by atoms with E-state index in [0.717, 1.165) is 0 Å². The van der Waals surface area contributed by atoms with E-state index >= 15 is 0 Å². The molecular weight excluding hydrogens is 190 g/mol. The van der Waals surface area contributed by atoms with E-state index in [4.69, 9.17) is 0 Å². The monoisotopic (exact) mass is 200 g/mol. The molecule has 76 valence electrons. The molecule has 1 aromatic heterocycles. The predicted molar refractivity (Wildman–Crippen MR) is 45.4 cm³/mol. The van der Waals surface area contributed by atoms with Gasteiger partial charge >= 0.3 is 0 Å². The first-order valence-electron chi connectivity index (χ1n) is 4.49. The lowest BCUT2D eigenvalue weighted by molar-refractivity contribution is -0.0223. The van der Waals surface area contributed by atoms with Crippen molar-refractivity contribution < 1.29 is 13.6 Å². The number of hydrogen-bond donors (Lipinski definition) is 1. The zero-order chi connectivity index (χ0) is 10.3. The Labute approximate surface area is 79.5 Å². The van der Waals surface area contributed by atoms with Gasteiger partial charge in [0.25, 0.3) is 5.92 Å². The molecule has 0 spiro atoms. The maximum Gasteiger partial charge on any atom is 0.277 e. The highest BCUT2D eigenvalue weighted by Gasteiger charge is 2.41. The van der Waals surface area contributed by atoms with Crippen LogP contribution in [0.2, 0.25) is 0 Å². The van der Waals surface area contributed by atoms with E-state index in [-0.39, 0.29) is 17.7 Å². The van der Waals surface area contributed by atoms with Gasteiger partial charge in [-0.05, 0) is 12.8 Å². The second-order valence-corrected chi connectivity index (χ2v) is 3.54. The number of nitrogens with one attached hydrogen (secondary N) is 1. The highest BCUT2D eigenvalue weighted by atomic mass is 19.3. The first-order valence-corrected chi connectivity index (χ1v) is 4.49. The third-order valence-corrected chi connectivity index (χ3v) is 2.46. The SMILES string of the molecule is CC(=O)c1n[nH]c2c1C(F)(F)CCC2. The molecule has 3 nitrogen and oxygen atoms in total. The van der Waals surface area contributed by atoms with Crippen molar-refractivity contribution in [2.75, 3.05) is 0 Å². The number of carbonyl (C=O) groups excluding carboxylic acids is 1. The van der Waals surface area contributed by atoms with Gasteiger partial charge in [0, 0.05) is 19.0 Å². The number of fused-ring (bicyclic) bond motifs is 1. The van der Waals surface area contributed by atoms with Gasteiger partial charge in [0.15, 0.2) is 5.78 Å². The van der Waals surface area contributed by atoms with E-state index in [1.807, 2.05) is 0 Å². The number of aryl methyl sites for hydroxylation is 1. The lowest BCUT2D eigenvalue weighted by Crippen LogP contribution is -2.22. The second-order valence-electron chi connectivity index (χ2n) is 3.54. The van der Waals surface area contributed by atoms with Crippen LogP contribution in [0.3, 0.4) is 0 Å². The number of aromatic nitrogens is 2. The molecule has 1 N–H and O–H groups in total. The van der Waals surface area contributed by atoms with Crippen molar-refractivity contribution in [1.29, 1.82) is 0 Å². The number of rotatable bonds is 1. The Balaban J connectivity index is 2.58. The van der Waals surface area contributed by atoms with Gasteiger partial charge in [-0.2, -0.15) is 5.10 Å². The number of ketones is 1. The molecule has 1 aliphatic rings. The van der Waals surface area contributed by atoms with Crippen molar-refractivity contribution >= 4 is 5.78 Å². The second kappa shape index (κ2) is 2.87. The van der Waals surface area contributed by atoms with Crippen molar-refractivity contribution in [3.63, 3.8) is 0 Å². The number of halogens is 2. The van der Waals surface area contributed by atoms with E-state index in [0.29, 0.717) is 18.5 Å². The summed E-state index contributed by atoms with van der Waals surface area (Å²) in [5.74, 6) is -3.31. The Morgan fingerprint density at radius 1 is 1.57 bits per heavy atom. The fourth-order valence-corrected chi connectivity index (χ4v) is 1.82. The van der Waals surface area contributed by atoms with Crippen LogP contribution >= 0.6 is 0 Å². The Morgan fingerprint density at radius 3 is 2.93 bits per heavy atom. The highest BCUT2D eigenvalue weighted by Crippen LogP contribution is 2.40. The Kier molecular flexibility index (Phi) is 1.90. The van der Waals surface area contributed by atoms with Crippen LogP contribution in [0, 0.1) is 0 Å². The van der Waals surface area contributed by atoms with Gasteiger partial charge in [0.1, 0.15) is 5.69 Å². The summed E-state index contributed by atoms with van der Waals surface area (Å²) in [5, 5.41) is 6.15. The first-order chi connectivity index (χ1) is 6.52. The average molecular weight is 200 g/mol. The van der Waals surface area contributed by atoms with Crippen molar-refractivity contribution in [1.82, 2.24) is 10.2 Å². The molecule has 0 unspecified atom stereocenters. The van der Waals surface area contributed by atoms with Crippen molar-refractivity contribution in [3.8, 4) is 0 Å². The summed E-state index contributed by atoms with van der Waals surface area (Å²) < 4.78 is 26.9. The van der Waals surface area contributed by atoms with Crippen molar-refractivity contribution in [2.24, 2.45) is 0 Å². The molecule has 0 radical (unpaired) electrons. The molecule has 0 bridgehead atoms. The minimum atomic E-state index is -2.90. The molecule has 0 saturated carbocycles. The number of hydrogen-bond acceptors (Lipinski definition) is 2. The van der Waals surface area contributed by atoms with Crippen molar-refractivity contribution in [2.45, 2.75) is 32.1 Å². The molecule has 0 fully saturated rings. The van der Waals surface area contributed by atoms with Gasteiger partial charge in [0.2, 0.25) is 0 Å². The third-order valence-electron chi connectivity index (χ3n) is 2.46. The maximum absolute atomic E-state index is 13.4. The van der Waals surface area contributed by atoms with Gasteiger partial charge in [0.05, 0.1) is 5.56 Å².